The number of benzene rings is 1. The third-order valence-electron chi connectivity index (χ3n) is 2.79. The number of carbonyl (C=O) groups is 1. The molecule has 6 heteroatoms. The molecule has 1 atom stereocenters. The second-order valence-electron chi connectivity index (χ2n) is 4.17. The molecule has 0 radical (unpaired) electrons. The Morgan fingerprint density at radius 3 is 3.06 bits per heavy atom. The molecule has 0 aromatic heterocycles. The zero-order valence-electron chi connectivity index (χ0n) is 9.91. The highest BCUT2D eigenvalue weighted by atomic mass is 19.1. The molecule has 0 aliphatic carbocycles. The first-order valence-corrected chi connectivity index (χ1v) is 5.81. The first-order valence-electron chi connectivity index (χ1n) is 5.81. The van der Waals surface area contributed by atoms with Crippen LogP contribution in [0.3, 0.4) is 0 Å². The Labute approximate surface area is 104 Å². The minimum atomic E-state index is -0.636. The molecule has 1 aromatic carbocycles. The summed E-state index contributed by atoms with van der Waals surface area (Å²) in [6.45, 7) is 2.68. The minimum Gasteiger partial charge on any atom is -0.381 e. The second kappa shape index (κ2) is 5.79. The number of carbonyl (C=O) groups excluding carboxylic acids is 1. The summed E-state index contributed by atoms with van der Waals surface area (Å²) in [5, 5.41) is 6.23. The first-order chi connectivity index (χ1) is 8.66. The zero-order chi connectivity index (χ0) is 13.0. The highest BCUT2D eigenvalue weighted by molar-refractivity contribution is 5.93. The van der Waals surface area contributed by atoms with Crippen molar-refractivity contribution in [2.45, 2.75) is 6.04 Å². The van der Waals surface area contributed by atoms with E-state index in [4.69, 9.17) is 10.5 Å². The highest BCUT2D eigenvalue weighted by Gasteiger charge is 2.13. The number of nitrogens with two attached hydrogens (primary N) is 1. The number of morpholine rings is 1. The van der Waals surface area contributed by atoms with Gasteiger partial charge in [0.1, 0.15) is 5.82 Å². The SMILES string of the molecule is NC(=O)c1ccc(NCC2COCCN2)c(F)c1. The number of anilines is 1. The van der Waals surface area contributed by atoms with Gasteiger partial charge in [0.05, 0.1) is 18.9 Å². The van der Waals surface area contributed by atoms with E-state index in [9.17, 15) is 9.18 Å². The normalized spacial score (nSPS) is 19.5. The average molecular weight is 253 g/mol. The number of nitrogens with one attached hydrogen (secondary N) is 2. The summed E-state index contributed by atoms with van der Waals surface area (Å²) in [5.41, 5.74) is 5.59. The van der Waals surface area contributed by atoms with Gasteiger partial charge in [0.2, 0.25) is 5.91 Å². The van der Waals surface area contributed by atoms with E-state index in [1.807, 2.05) is 0 Å². The highest BCUT2D eigenvalue weighted by Crippen LogP contribution is 2.15. The van der Waals surface area contributed by atoms with Crippen LogP contribution < -0.4 is 16.4 Å². The lowest BCUT2D eigenvalue weighted by molar-refractivity contribution is 0.0806. The molecule has 1 heterocycles. The predicted molar refractivity (Wildman–Crippen MR) is 66.0 cm³/mol. The van der Waals surface area contributed by atoms with Gasteiger partial charge in [-0.15, -0.1) is 0 Å². The summed E-state index contributed by atoms with van der Waals surface area (Å²) in [6, 6.07) is 4.31. The molecular formula is C12H16FN3O2. The molecule has 1 aliphatic rings. The van der Waals surface area contributed by atoms with Crippen molar-refractivity contribution in [1.82, 2.24) is 5.32 Å². The van der Waals surface area contributed by atoms with E-state index in [0.717, 1.165) is 12.6 Å². The molecule has 0 spiro atoms. The number of primary amides is 1. The van der Waals surface area contributed by atoms with Gasteiger partial charge in [-0.2, -0.15) is 0 Å². The number of amides is 1. The van der Waals surface area contributed by atoms with Crippen molar-refractivity contribution >= 4 is 11.6 Å². The summed E-state index contributed by atoms with van der Waals surface area (Å²) >= 11 is 0. The van der Waals surface area contributed by atoms with Crippen molar-refractivity contribution in [3.8, 4) is 0 Å². The fraction of sp³-hybridized carbons (Fsp3) is 0.417. The van der Waals surface area contributed by atoms with E-state index in [-0.39, 0.29) is 11.6 Å². The van der Waals surface area contributed by atoms with Crippen LogP contribution in [-0.2, 0) is 4.74 Å². The van der Waals surface area contributed by atoms with E-state index in [1.54, 1.807) is 0 Å². The van der Waals surface area contributed by atoms with Gasteiger partial charge < -0.3 is 21.1 Å². The molecule has 18 heavy (non-hydrogen) atoms. The summed E-state index contributed by atoms with van der Waals surface area (Å²) in [6.07, 6.45) is 0. The number of hydrogen-bond acceptors (Lipinski definition) is 4. The van der Waals surface area contributed by atoms with Crippen molar-refractivity contribution in [2.75, 3.05) is 31.6 Å². The monoisotopic (exact) mass is 253 g/mol. The lowest BCUT2D eigenvalue weighted by Crippen LogP contribution is -2.45. The molecule has 1 aliphatic heterocycles. The number of ether oxygens (including phenoxy) is 1. The Morgan fingerprint density at radius 2 is 2.44 bits per heavy atom. The van der Waals surface area contributed by atoms with Crippen molar-refractivity contribution in [3.05, 3.63) is 29.6 Å². The van der Waals surface area contributed by atoms with Crippen LogP contribution in [0.2, 0.25) is 0 Å². The van der Waals surface area contributed by atoms with Gasteiger partial charge in [-0.3, -0.25) is 4.79 Å². The third-order valence-corrected chi connectivity index (χ3v) is 2.79. The summed E-state index contributed by atoms with van der Waals surface area (Å²) < 4.78 is 18.9. The lowest BCUT2D eigenvalue weighted by atomic mass is 10.2. The molecule has 4 N–H and O–H groups in total. The van der Waals surface area contributed by atoms with E-state index < -0.39 is 11.7 Å². The lowest BCUT2D eigenvalue weighted by Gasteiger charge is -2.24. The molecule has 1 aromatic rings. The number of hydrogen-bond donors (Lipinski definition) is 3. The quantitative estimate of drug-likeness (QED) is 0.722. The van der Waals surface area contributed by atoms with E-state index in [0.29, 0.717) is 25.4 Å². The number of rotatable bonds is 4. The van der Waals surface area contributed by atoms with Gasteiger partial charge in [-0.25, -0.2) is 4.39 Å². The summed E-state index contributed by atoms with van der Waals surface area (Å²) in [4.78, 5) is 10.9. The minimum absolute atomic E-state index is 0.161. The molecule has 0 saturated carbocycles. The average Bonchev–Trinajstić information content (AvgIpc) is 2.38. The second-order valence-corrected chi connectivity index (χ2v) is 4.17. The smallest absolute Gasteiger partial charge is 0.248 e. The Balaban J connectivity index is 1.94. The fourth-order valence-corrected chi connectivity index (χ4v) is 1.80. The summed E-state index contributed by atoms with van der Waals surface area (Å²) in [5.74, 6) is -1.12. The standard InChI is InChI=1S/C12H16FN3O2/c13-10-5-8(12(14)17)1-2-11(10)16-6-9-7-18-4-3-15-9/h1-2,5,9,15-16H,3-4,6-7H2,(H2,14,17). The van der Waals surface area contributed by atoms with Crippen molar-refractivity contribution < 1.29 is 13.9 Å². The van der Waals surface area contributed by atoms with Gasteiger partial charge in [0.25, 0.3) is 0 Å². The fourth-order valence-electron chi connectivity index (χ4n) is 1.80. The van der Waals surface area contributed by atoms with Crippen LogP contribution in [0.4, 0.5) is 10.1 Å². The maximum atomic E-state index is 13.6. The van der Waals surface area contributed by atoms with Crippen LogP contribution in [0.25, 0.3) is 0 Å². The Hall–Kier alpha value is -1.66. The van der Waals surface area contributed by atoms with Crippen LogP contribution >= 0.6 is 0 Å². The Morgan fingerprint density at radius 1 is 1.61 bits per heavy atom. The molecule has 1 saturated heterocycles. The predicted octanol–water partition coefficient (Wildman–Crippen LogP) is 0.325. The number of halogens is 1. The molecule has 98 valence electrons. The molecule has 1 fully saturated rings. The van der Waals surface area contributed by atoms with Crippen LogP contribution in [0.15, 0.2) is 18.2 Å². The maximum absolute atomic E-state index is 13.6. The molecule has 2 rings (SSSR count). The maximum Gasteiger partial charge on any atom is 0.248 e. The molecule has 1 amide bonds. The van der Waals surface area contributed by atoms with Crippen molar-refractivity contribution in [2.24, 2.45) is 5.73 Å². The van der Waals surface area contributed by atoms with Crippen molar-refractivity contribution in [1.29, 1.82) is 0 Å². The van der Waals surface area contributed by atoms with Crippen molar-refractivity contribution in [3.63, 3.8) is 0 Å². The van der Waals surface area contributed by atoms with E-state index in [2.05, 4.69) is 10.6 Å². The van der Waals surface area contributed by atoms with Crippen LogP contribution in [-0.4, -0.2) is 38.3 Å². The van der Waals surface area contributed by atoms with E-state index in [1.165, 1.54) is 12.1 Å². The van der Waals surface area contributed by atoms with Gasteiger partial charge in [-0.05, 0) is 18.2 Å². The zero-order valence-corrected chi connectivity index (χ0v) is 9.91. The summed E-state index contributed by atoms with van der Waals surface area (Å²) in [7, 11) is 0. The van der Waals surface area contributed by atoms with Gasteiger partial charge in [0.15, 0.2) is 0 Å². The van der Waals surface area contributed by atoms with Crippen LogP contribution in [0, 0.1) is 5.82 Å². The Kier molecular flexibility index (Phi) is 4.11. The topological polar surface area (TPSA) is 76.4 Å². The molecule has 0 bridgehead atoms. The van der Waals surface area contributed by atoms with Crippen LogP contribution in [0.5, 0.6) is 0 Å². The van der Waals surface area contributed by atoms with E-state index >= 15 is 0 Å². The van der Waals surface area contributed by atoms with Gasteiger partial charge in [0, 0.05) is 24.7 Å². The largest absolute Gasteiger partial charge is 0.381 e. The molecule has 5 nitrogen and oxygen atoms in total. The Bertz CT molecular complexity index is 433. The van der Waals surface area contributed by atoms with Gasteiger partial charge >= 0.3 is 0 Å². The first kappa shape index (κ1) is 12.8. The molecule has 1 unspecified atom stereocenters. The third kappa shape index (κ3) is 3.18. The van der Waals surface area contributed by atoms with Gasteiger partial charge in [-0.1, -0.05) is 0 Å². The van der Waals surface area contributed by atoms with Crippen LogP contribution in [0.1, 0.15) is 10.4 Å². The molecular weight excluding hydrogens is 237 g/mol.